The minimum absolute atomic E-state index is 0.0547. The van der Waals surface area contributed by atoms with Gasteiger partial charge in [0.05, 0.1) is 5.92 Å². The fourth-order valence-corrected chi connectivity index (χ4v) is 1.80. The summed E-state index contributed by atoms with van der Waals surface area (Å²) in [5.41, 5.74) is 5.36. The largest absolute Gasteiger partial charge is 0.355 e. The van der Waals surface area contributed by atoms with Crippen LogP contribution in [-0.2, 0) is 9.59 Å². The third-order valence-corrected chi connectivity index (χ3v) is 2.58. The maximum atomic E-state index is 11.9. The van der Waals surface area contributed by atoms with E-state index in [9.17, 15) is 9.59 Å². The lowest BCUT2D eigenvalue weighted by atomic mass is 9.96. The van der Waals surface area contributed by atoms with Gasteiger partial charge in [0.1, 0.15) is 0 Å². The fraction of sp³-hybridized carbons (Fsp3) is 0.857. The van der Waals surface area contributed by atoms with Crippen molar-refractivity contribution in [3.63, 3.8) is 0 Å². The first kappa shape index (κ1) is 17.9. The van der Waals surface area contributed by atoms with Crippen molar-refractivity contribution in [1.82, 2.24) is 10.6 Å². The molecule has 2 amide bonds. The number of carbonyl (C=O) groups is 2. The minimum Gasteiger partial charge on any atom is -0.355 e. The Morgan fingerprint density at radius 3 is 2.21 bits per heavy atom. The van der Waals surface area contributed by atoms with Crippen molar-refractivity contribution in [2.45, 2.75) is 53.0 Å². The number of amides is 2. The van der Waals surface area contributed by atoms with Crippen molar-refractivity contribution in [2.24, 2.45) is 17.6 Å². The van der Waals surface area contributed by atoms with E-state index >= 15 is 0 Å². The third kappa shape index (κ3) is 9.47. The van der Waals surface area contributed by atoms with Crippen LogP contribution in [0, 0.1) is 11.8 Å². The second-order valence-electron chi connectivity index (χ2n) is 6.40. The van der Waals surface area contributed by atoms with Crippen molar-refractivity contribution < 1.29 is 9.59 Å². The molecule has 0 bridgehead atoms. The molecule has 0 saturated heterocycles. The maximum absolute atomic E-state index is 11.9. The van der Waals surface area contributed by atoms with E-state index in [2.05, 4.69) is 24.5 Å². The summed E-state index contributed by atoms with van der Waals surface area (Å²) in [6.07, 6.45) is 1.07. The zero-order valence-corrected chi connectivity index (χ0v) is 12.9. The average molecular weight is 271 g/mol. The predicted molar refractivity (Wildman–Crippen MR) is 77.5 cm³/mol. The molecule has 5 heteroatoms. The van der Waals surface area contributed by atoms with Crippen molar-refractivity contribution in [3.8, 4) is 0 Å². The molecule has 0 fully saturated rings. The summed E-state index contributed by atoms with van der Waals surface area (Å²) in [6, 6.07) is 0. The monoisotopic (exact) mass is 271 g/mol. The molecule has 0 aromatic heterocycles. The standard InChI is InChI=1S/C14H29N3O2/c1-10(2)8-11(9-15)13(19)16-7-6-12(18)17-14(3,4)5/h10-11H,6-9,15H2,1-5H3,(H,16,19)(H,17,18). The molecule has 0 spiro atoms. The molecule has 0 rings (SSSR count). The first-order valence-corrected chi connectivity index (χ1v) is 6.94. The topological polar surface area (TPSA) is 84.2 Å². The van der Waals surface area contributed by atoms with Crippen molar-refractivity contribution in [2.75, 3.05) is 13.1 Å². The molecule has 0 aliphatic carbocycles. The molecular formula is C14H29N3O2. The molecule has 0 aromatic carbocycles. The van der Waals surface area contributed by atoms with Crippen LogP contribution in [0.5, 0.6) is 0 Å². The lowest BCUT2D eigenvalue weighted by Gasteiger charge is -2.21. The lowest BCUT2D eigenvalue weighted by Crippen LogP contribution is -2.43. The third-order valence-electron chi connectivity index (χ3n) is 2.58. The molecule has 112 valence electrons. The SMILES string of the molecule is CC(C)CC(CN)C(=O)NCCC(=O)NC(C)(C)C. The van der Waals surface area contributed by atoms with Crippen molar-refractivity contribution >= 4 is 11.8 Å². The van der Waals surface area contributed by atoms with Crippen LogP contribution in [0.1, 0.15) is 47.5 Å². The van der Waals surface area contributed by atoms with Gasteiger partial charge in [-0.25, -0.2) is 0 Å². The van der Waals surface area contributed by atoms with Gasteiger partial charge in [-0.15, -0.1) is 0 Å². The quantitative estimate of drug-likeness (QED) is 0.646. The van der Waals surface area contributed by atoms with Gasteiger partial charge in [0.2, 0.25) is 11.8 Å². The molecule has 0 heterocycles. The van der Waals surface area contributed by atoms with Gasteiger partial charge in [-0.1, -0.05) is 13.8 Å². The van der Waals surface area contributed by atoms with E-state index in [1.165, 1.54) is 0 Å². The van der Waals surface area contributed by atoms with Gasteiger partial charge < -0.3 is 16.4 Å². The summed E-state index contributed by atoms with van der Waals surface area (Å²) in [5.74, 6) is 0.162. The maximum Gasteiger partial charge on any atom is 0.224 e. The van der Waals surface area contributed by atoms with Crippen LogP contribution in [-0.4, -0.2) is 30.4 Å². The second-order valence-corrected chi connectivity index (χ2v) is 6.40. The van der Waals surface area contributed by atoms with E-state index in [-0.39, 0.29) is 23.3 Å². The van der Waals surface area contributed by atoms with Crippen LogP contribution in [0.15, 0.2) is 0 Å². The number of carbonyl (C=O) groups excluding carboxylic acids is 2. The van der Waals surface area contributed by atoms with Gasteiger partial charge in [0.25, 0.3) is 0 Å². The van der Waals surface area contributed by atoms with E-state index in [1.807, 2.05) is 20.8 Å². The molecule has 1 atom stereocenters. The first-order valence-electron chi connectivity index (χ1n) is 6.94. The van der Waals surface area contributed by atoms with Gasteiger partial charge in [-0.3, -0.25) is 9.59 Å². The summed E-state index contributed by atoms with van der Waals surface area (Å²) in [4.78, 5) is 23.4. The number of rotatable bonds is 7. The van der Waals surface area contributed by atoms with Crippen LogP contribution >= 0.6 is 0 Å². The van der Waals surface area contributed by atoms with E-state index in [0.29, 0.717) is 25.4 Å². The second kappa shape index (κ2) is 8.15. The molecule has 0 radical (unpaired) electrons. The Bertz CT molecular complexity index is 296. The number of nitrogens with two attached hydrogens (primary N) is 1. The fourth-order valence-electron chi connectivity index (χ4n) is 1.80. The highest BCUT2D eigenvalue weighted by Gasteiger charge is 2.18. The van der Waals surface area contributed by atoms with Crippen LogP contribution in [0.4, 0.5) is 0 Å². The highest BCUT2D eigenvalue weighted by atomic mass is 16.2. The zero-order valence-electron chi connectivity index (χ0n) is 12.9. The number of hydrogen-bond donors (Lipinski definition) is 3. The summed E-state index contributed by atoms with van der Waals surface area (Å²) in [7, 11) is 0. The van der Waals surface area contributed by atoms with E-state index < -0.39 is 0 Å². The highest BCUT2D eigenvalue weighted by molar-refractivity contribution is 5.80. The number of hydrogen-bond acceptors (Lipinski definition) is 3. The molecular weight excluding hydrogens is 242 g/mol. The van der Waals surface area contributed by atoms with E-state index in [1.54, 1.807) is 0 Å². The molecule has 0 aliphatic heterocycles. The van der Waals surface area contributed by atoms with Crippen LogP contribution in [0.3, 0.4) is 0 Å². The smallest absolute Gasteiger partial charge is 0.224 e. The van der Waals surface area contributed by atoms with Crippen LogP contribution in [0.2, 0.25) is 0 Å². The van der Waals surface area contributed by atoms with Crippen LogP contribution in [0.25, 0.3) is 0 Å². The zero-order chi connectivity index (χ0) is 15.1. The van der Waals surface area contributed by atoms with Gasteiger partial charge >= 0.3 is 0 Å². The molecule has 0 aliphatic rings. The Labute approximate surface area is 116 Å². The Balaban J connectivity index is 3.99. The molecule has 19 heavy (non-hydrogen) atoms. The van der Waals surface area contributed by atoms with Gasteiger partial charge in [0.15, 0.2) is 0 Å². The Morgan fingerprint density at radius 2 is 1.79 bits per heavy atom. The van der Waals surface area contributed by atoms with Gasteiger partial charge in [-0.05, 0) is 33.1 Å². The average Bonchev–Trinajstić information content (AvgIpc) is 2.22. The van der Waals surface area contributed by atoms with Crippen molar-refractivity contribution in [1.29, 1.82) is 0 Å². The van der Waals surface area contributed by atoms with E-state index in [4.69, 9.17) is 5.73 Å². The molecule has 0 saturated carbocycles. The molecule has 4 N–H and O–H groups in total. The summed E-state index contributed by atoms with van der Waals surface area (Å²) >= 11 is 0. The Kier molecular flexibility index (Phi) is 7.68. The Morgan fingerprint density at radius 1 is 1.21 bits per heavy atom. The summed E-state index contributed by atoms with van der Waals surface area (Å²) in [6.45, 7) is 10.6. The summed E-state index contributed by atoms with van der Waals surface area (Å²) in [5, 5.41) is 5.63. The molecule has 1 unspecified atom stereocenters. The van der Waals surface area contributed by atoms with Gasteiger partial charge in [-0.2, -0.15) is 0 Å². The van der Waals surface area contributed by atoms with Gasteiger partial charge in [0, 0.05) is 25.0 Å². The normalized spacial score (nSPS) is 13.2. The highest BCUT2D eigenvalue weighted by Crippen LogP contribution is 2.10. The summed E-state index contributed by atoms with van der Waals surface area (Å²) < 4.78 is 0. The van der Waals surface area contributed by atoms with Crippen LogP contribution < -0.4 is 16.4 Å². The lowest BCUT2D eigenvalue weighted by molar-refractivity contribution is -0.125. The van der Waals surface area contributed by atoms with E-state index in [0.717, 1.165) is 6.42 Å². The number of nitrogens with one attached hydrogen (secondary N) is 2. The minimum atomic E-state index is -0.238. The Hall–Kier alpha value is -1.10. The first-order chi connectivity index (χ1) is 8.65. The molecule has 0 aromatic rings. The van der Waals surface area contributed by atoms with Crippen molar-refractivity contribution in [3.05, 3.63) is 0 Å². The molecule has 5 nitrogen and oxygen atoms in total. The predicted octanol–water partition coefficient (Wildman–Crippen LogP) is 1.03.